The summed E-state index contributed by atoms with van der Waals surface area (Å²) in [6.45, 7) is 8.78. The Hall–Kier alpha value is -0.260. The van der Waals surface area contributed by atoms with E-state index in [4.69, 9.17) is 0 Å². The standard InChI is InChI=1S/C11H20/c1-4-5-6-11-9(2)7-8-10(11)3/h10-11H,2,4-8H2,1,3H3. The number of allylic oxidation sites excluding steroid dienone is 1. The molecule has 0 nitrogen and oxygen atoms in total. The van der Waals surface area contributed by atoms with Crippen LogP contribution in [0.15, 0.2) is 12.2 Å². The molecule has 0 amide bonds. The Morgan fingerprint density at radius 3 is 2.73 bits per heavy atom. The number of unbranched alkanes of at least 4 members (excludes halogenated alkanes) is 1. The molecule has 0 aromatic heterocycles. The minimum Gasteiger partial charge on any atom is -0.0996 e. The molecule has 1 aliphatic rings. The van der Waals surface area contributed by atoms with Gasteiger partial charge >= 0.3 is 0 Å². The molecule has 0 saturated heterocycles. The van der Waals surface area contributed by atoms with Crippen LogP contribution in [-0.2, 0) is 0 Å². The molecule has 64 valence electrons. The van der Waals surface area contributed by atoms with E-state index in [-0.39, 0.29) is 0 Å². The van der Waals surface area contributed by atoms with Crippen molar-refractivity contribution >= 4 is 0 Å². The zero-order valence-corrected chi connectivity index (χ0v) is 7.90. The summed E-state index contributed by atoms with van der Waals surface area (Å²) in [6, 6.07) is 0. The lowest BCUT2D eigenvalue weighted by Crippen LogP contribution is -2.04. The van der Waals surface area contributed by atoms with Crippen molar-refractivity contribution in [3.63, 3.8) is 0 Å². The molecule has 1 fully saturated rings. The predicted octanol–water partition coefficient (Wildman–Crippen LogP) is 3.78. The molecule has 2 atom stereocenters. The molecule has 0 aromatic carbocycles. The van der Waals surface area contributed by atoms with Crippen LogP contribution in [0.1, 0.15) is 46.0 Å². The molecule has 1 rings (SSSR count). The molecule has 1 saturated carbocycles. The lowest BCUT2D eigenvalue weighted by atomic mass is 9.90. The molecule has 0 heterocycles. The fourth-order valence-electron chi connectivity index (χ4n) is 2.11. The zero-order chi connectivity index (χ0) is 8.27. The van der Waals surface area contributed by atoms with Crippen molar-refractivity contribution in [2.24, 2.45) is 11.8 Å². The maximum atomic E-state index is 4.14. The summed E-state index contributed by atoms with van der Waals surface area (Å²) in [5, 5.41) is 0. The highest BCUT2D eigenvalue weighted by Gasteiger charge is 2.25. The predicted molar refractivity (Wildman–Crippen MR) is 50.6 cm³/mol. The van der Waals surface area contributed by atoms with E-state index in [9.17, 15) is 0 Å². The van der Waals surface area contributed by atoms with Crippen LogP contribution in [0.25, 0.3) is 0 Å². The van der Waals surface area contributed by atoms with Crippen LogP contribution in [0.5, 0.6) is 0 Å². The molecular weight excluding hydrogens is 132 g/mol. The molecule has 0 heteroatoms. The third kappa shape index (κ3) is 2.08. The molecule has 1 aliphatic carbocycles. The largest absolute Gasteiger partial charge is 0.0996 e. The van der Waals surface area contributed by atoms with E-state index in [1.165, 1.54) is 37.7 Å². The summed E-state index contributed by atoms with van der Waals surface area (Å²) in [5.41, 5.74) is 1.52. The first-order chi connectivity index (χ1) is 5.25. The van der Waals surface area contributed by atoms with Crippen LogP contribution in [0, 0.1) is 11.8 Å². The van der Waals surface area contributed by atoms with Crippen molar-refractivity contribution in [2.75, 3.05) is 0 Å². The van der Waals surface area contributed by atoms with Gasteiger partial charge in [-0.05, 0) is 31.1 Å². The van der Waals surface area contributed by atoms with Crippen LogP contribution in [0.2, 0.25) is 0 Å². The van der Waals surface area contributed by atoms with Gasteiger partial charge in [-0.2, -0.15) is 0 Å². The summed E-state index contributed by atoms with van der Waals surface area (Å²) in [7, 11) is 0. The van der Waals surface area contributed by atoms with Crippen molar-refractivity contribution in [3.05, 3.63) is 12.2 Å². The molecule has 0 aliphatic heterocycles. The van der Waals surface area contributed by atoms with Crippen LogP contribution >= 0.6 is 0 Å². The van der Waals surface area contributed by atoms with Gasteiger partial charge in [0, 0.05) is 0 Å². The summed E-state index contributed by atoms with van der Waals surface area (Å²) in [6.07, 6.45) is 6.77. The van der Waals surface area contributed by atoms with Gasteiger partial charge in [-0.25, -0.2) is 0 Å². The fourth-order valence-corrected chi connectivity index (χ4v) is 2.11. The normalized spacial score (nSPS) is 31.3. The Labute approximate surface area is 70.7 Å². The lowest BCUT2D eigenvalue weighted by Gasteiger charge is -2.15. The second kappa shape index (κ2) is 3.94. The monoisotopic (exact) mass is 152 g/mol. The first-order valence-electron chi connectivity index (χ1n) is 4.93. The van der Waals surface area contributed by atoms with Crippen molar-refractivity contribution in [1.82, 2.24) is 0 Å². The maximum Gasteiger partial charge on any atom is -0.0180 e. The first-order valence-corrected chi connectivity index (χ1v) is 4.93. The van der Waals surface area contributed by atoms with E-state index in [2.05, 4.69) is 20.4 Å². The zero-order valence-electron chi connectivity index (χ0n) is 7.90. The van der Waals surface area contributed by atoms with Crippen molar-refractivity contribution in [2.45, 2.75) is 46.0 Å². The van der Waals surface area contributed by atoms with Crippen LogP contribution in [0.4, 0.5) is 0 Å². The van der Waals surface area contributed by atoms with Crippen molar-refractivity contribution < 1.29 is 0 Å². The quantitative estimate of drug-likeness (QED) is 0.540. The van der Waals surface area contributed by atoms with Crippen molar-refractivity contribution in [3.8, 4) is 0 Å². The second-order valence-corrected chi connectivity index (χ2v) is 3.92. The highest BCUT2D eigenvalue weighted by atomic mass is 14.3. The van der Waals surface area contributed by atoms with Gasteiger partial charge in [0.25, 0.3) is 0 Å². The number of hydrogen-bond donors (Lipinski definition) is 0. The molecule has 0 spiro atoms. The fraction of sp³-hybridized carbons (Fsp3) is 0.818. The van der Waals surface area contributed by atoms with E-state index in [1.807, 2.05) is 0 Å². The number of rotatable bonds is 3. The third-order valence-electron chi connectivity index (χ3n) is 3.00. The SMILES string of the molecule is C=C1CCC(C)C1CCCC. The molecule has 0 bridgehead atoms. The average Bonchev–Trinajstić information content (AvgIpc) is 2.29. The Balaban J connectivity index is 2.35. The van der Waals surface area contributed by atoms with E-state index >= 15 is 0 Å². The summed E-state index contributed by atoms with van der Waals surface area (Å²) in [5.74, 6) is 1.77. The Morgan fingerprint density at radius 2 is 2.27 bits per heavy atom. The van der Waals surface area contributed by atoms with Gasteiger partial charge in [0.05, 0.1) is 0 Å². The van der Waals surface area contributed by atoms with E-state index in [0.29, 0.717) is 0 Å². The van der Waals surface area contributed by atoms with Crippen LogP contribution < -0.4 is 0 Å². The lowest BCUT2D eigenvalue weighted by molar-refractivity contribution is 0.419. The highest BCUT2D eigenvalue weighted by Crippen LogP contribution is 2.38. The average molecular weight is 152 g/mol. The van der Waals surface area contributed by atoms with Crippen molar-refractivity contribution in [1.29, 1.82) is 0 Å². The highest BCUT2D eigenvalue weighted by molar-refractivity contribution is 5.07. The van der Waals surface area contributed by atoms with Gasteiger partial charge in [0.2, 0.25) is 0 Å². The summed E-state index contributed by atoms with van der Waals surface area (Å²) < 4.78 is 0. The van der Waals surface area contributed by atoms with Gasteiger partial charge in [-0.15, -0.1) is 0 Å². The molecule has 0 radical (unpaired) electrons. The van der Waals surface area contributed by atoms with Crippen LogP contribution in [0.3, 0.4) is 0 Å². The molecule has 11 heavy (non-hydrogen) atoms. The maximum absolute atomic E-state index is 4.14. The van der Waals surface area contributed by atoms with E-state index in [1.54, 1.807) is 0 Å². The van der Waals surface area contributed by atoms with E-state index < -0.39 is 0 Å². The van der Waals surface area contributed by atoms with Gasteiger partial charge in [-0.3, -0.25) is 0 Å². The second-order valence-electron chi connectivity index (χ2n) is 3.92. The molecule has 2 unspecified atom stereocenters. The summed E-state index contributed by atoms with van der Waals surface area (Å²) in [4.78, 5) is 0. The van der Waals surface area contributed by atoms with Gasteiger partial charge in [0.15, 0.2) is 0 Å². The minimum atomic E-state index is 0.856. The Kier molecular flexibility index (Phi) is 3.16. The van der Waals surface area contributed by atoms with Gasteiger partial charge < -0.3 is 0 Å². The molecule has 0 aromatic rings. The topological polar surface area (TPSA) is 0 Å². The van der Waals surface area contributed by atoms with Gasteiger partial charge in [0.1, 0.15) is 0 Å². The van der Waals surface area contributed by atoms with E-state index in [0.717, 1.165) is 11.8 Å². The number of hydrogen-bond acceptors (Lipinski definition) is 0. The first kappa shape index (κ1) is 8.83. The smallest absolute Gasteiger partial charge is 0.0180 e. The van der Waals surface area contributed by atoms with Gasteiger partial charge in [-0.1, -0.05) is 38.8 Å². The molecular formula is C11H20. The molecule has 0 N–H and O–H groups in total. The minimum absolute atomic E-state index is 0.856. The Morgan fingerprint density at radius 1 is 1.55 bits per heavy atom. The third-order valence-corrected chi connectivity index (χ3v) is 3.00. The summed E-state index contributed by atoms with van der Waals surface area (Å²) >= 11 is 0. The Bertz CT molecular complexity index is 135. The van der Waals surface area contributed by atoms with Crippen LogP contribution in [-0.4, -0.2) is 0 Å².